The maximum absolute atomic E-state index is 10.8. The van der Waals surface area contributed by atoms with Crippen LogP contribution in [0.2, 0.25) is 0 Å². The van der Waals surface area contributed by atoms with Gasteiger partial charge in [-0.1, -0.05) is 25.5 Å². The minimum atomic E-state index is -0.858. The molecule has 0 aliphatic heterocycles. The van der Waals surface area contributed by atoms with E-state index in [9.17, 15) is 4.79 Å². The van der Waals surface area contributed by atoms with Crippen LogP contribution < -0.4 is 0 Å². The minimum absolute atomic E-state index is 0.385. The average molecular weight is 177 g/mol. The van der Waals surface area contributed by atoms with Gasteiger partial charge in [-0.05, 0) is 30.5 Å². The number of benzene rings is 1. The quantitative estimate of drug-likeness (QED) is 0.767. The van der Waals surface area contributed by atoms with E-state index in [1.54, 1.807) is 6.07 Å². The van der Waals surface area contributed by atoms with Crippen molar-refractivity contribution in [3.63, 3.8) is 0 Å². The molecule has 2 nitrogen and oxygen atoms in total. The van der Waals surface area contributed by atoms with Crippen LogP contribution in [-0.2, 0) is 6.42 Å². The van der Waals surface area contributed by atoms with Crippen LogP contribution in [0.3, 0.4) is 0 Å². The Balaban J connectivity index is 2.84. The molecule has 0 atom stereocenters. The second kappa shape index (κ2) is 4.65. The molecule has 13 heavy (non-hydrogen) atoms. The van der Waals surface area contributed by atoms with Crippen LogP contribution in [0.5, 0.6) is 0 Å². The molecule has 0 aliphatic rings. The van der Waals surface area contributed by atoms with Crippen LogP contribution >= 0.6 is 0 Å². The molecule has 1 radical (unpaired) electrons. The highest BCUT2D eigenvalue weighted by molar-refractivity contribution is 5.89. The average Bonchev–Trinajstić information content (AvgIpc) is 2.15. The smallest absolute Gasteiger partial charge is 0.335 e. The van der Waals surface area contributed by atoms with Crippen molar-refractivity contribution >= 4 is 5.97 Å². The molecule has 1 rings (SSSR count). The van der Waals surface area contributed by atoms with Crippen LogP contribution in [0.15, 0.2) is 18.2 Å². The highest BCUT2D eigenvalue weighted by Gasteiger charge is 2.07. The summed E-state index contributed by atoms with van der Waals surface area (Å²) in [6, 6.07) is 7.91. The molecule has 0 aromatic heterocycles. The Bertz CT molecular complexity index is 292. The maximum atomic E-state index is 10.8. The van der Waals surface area contributed by atoms with Crippen molar-refractivity contribution < 1.29 is 9.90 Å². The van der Waals surface area contributed by atoms with E-state index in [4.69, 9.17) is 5.11 Å². The van der Waals surface area contributed by atoms with Crippen molar-refractivity contribution in [3.05, 3.63) is 35.4 Å². The zero-order valence-electron chi connectivity index (χ0n) is 7.71. The molecule has 0 amide bonds. The Labute approximate surface area is 78.2 Å². The standard InChI is InChI=1S/C11H13O2/c1-2-3-6-9-7-4-5-8-10(9)11(12)13/h4,7-8H,2-3,6H2,1H3,(H,12,13). The maximum Gasteiger partial charge on any atom is 0.335 e. The van der Waals surface area contributed by atoms with Gasteiger partial charge in [0, 0.05) is 0 Å². The third-order valence-electron chi connectivity index (χ3n) is 1.98. The topological polar surface area (TPSA) is 37.3 Å². The number of hydrogen-bond acceptors (Lipinski definition) is 1. The summed E-state index contributed by atoms with van der Waals surface area (Å²) >= 11 is 0. The predicted octanol–water partition coefficient (Wildman–Crippen LogP) is 2.53. The minimum Gasteiger partial charge on any atom is -0.478 e. The fourth-order valence-electron chi connectivity index (χ4n) is 1.25. The number of unbranched alkanes of at least 4 members (excludes halogenated alkanes) is 1. The van der Waals surface area contributed by atoms with E-state index in [-0.39, 0.29) is 0 Å². The summed E-state index contributed by atoms with van der Waals surface area (Å²) < 4.78 is 0. The van der Waals surface area contributed by atoms with Gasteiger partial charge < -0.3 is 5.11 Å². The first-order chi connectivity index (χ1) is 6.25. The number of hydrogen-bond donors (Lipinski definition) is 1. The molecule has 69 valence electrons. The van der Waals surface area contributed by atoms with E-state index in [0.29, 0.717) is 5.56 Å². The Hall–Kier alpha value is -1.31. The zero-order chi connectivity index (χ0) is 9.68. The normalized spacial score (nSPS) is 9.92. The molecule has 0 saturated carbocycles. The Morgan fingerprint density at radius 3 is 3.00 bits per heavy atom. The molecule has 1 aromatic rings. The van der Waals surface area contributed by atoms with Crippen molar-refractivity contribution in [1.29, 1.82) is 0 Å². The van der Waals surface area contributed by atoms with Gasteiger partial charge in [0.25, 0.3) is 0 Å². The highest BCUT2D eigenvalue weighted by Crippen LogP contribution is 2.11. The molecule has 1 N–H and O–H groups in total. The number of aromatic carboxylic acids is 1. The highest BCUT2D eigenvalue weighted by atomic mass is 16.4. The molecule has 0 heterocycles. The summed E-state index contributed by atoms with van der Waals surface area (Å²) in [5, 5.41) is 8.84. The fraction of sp³-hybridized carbons (Fsp3) is 0.364. The van der Waals surface area contributed by atoms with Gasteiger partial charge in [-0.25, -0.2) is 4.79 Å². The van der Waals surface area contributed by atoms with Gasteiger partial charge in [-0.15, -0.1) is 0 Å². The van der Waals surface area contributed by atoms with Crippen molar-refractivity contribution in [3.8, 4) is 0 Å². The molecular formula is C11H13O2. The first kappa shape index (κ1) is 9.78. The van der Waals surface area contributed by atoms with Gasteiger partial charge in [-0.2, -0.15) is 0 Å². The van der Waals surface area contributed by atoms with Crippen molar-refractivity contribution in [2.75, 3.05) is 0 Å². The van der Waals surface area contributed by atoms with Crippen LogP contribution in [0, 0.1) is 6.07 Å². The van der Waals surface area contributed by atoms with Crippen LogP contribution in [0.1, 0.15) is 35.7 Å². The van der Waals surface area contributed by atoms with E-state index >= 15 is 0 Å². The third kappa shape index (κ3) is 2.58. The lowest BCUT2D eigenvalue weighted by Crippen LogP contribution is -2.01. The lowest BCUT2D eigenvalue weighted by Gasteiger charge is -2.03. The van der Waals surface area contributed by atoms with Crippen molar-refractivity contribution in [2.24, 2.45) is 0 Å². The Morgan fingerprint density at radius 2 is 2.38 bits per heavy atom. The van der Waals surface area contributed by atoms with Gasteiger partial charge >= 0.3 is 5.97 Å². The third-order valence-corrected chi connectivity index (χ3v) is 1.98. The van der Waals surface area contributed by atoms with E-state index < -0.39 is 5.97 Å². The number of rotatable bonds is 4. The molecule has 0 spiro atoms. The number of carbonyl (C=O) groups is 1. The van der Waals surface area contributed by atoms with Crippen LogP contribution in [-0.4, -0.2) is 11.1 Å². The van der Waals surface area contributed by atoms with E-state index in [1.807, 2.05) is 6.07 Å². The lowest BCUT2D eigenvalue weighted by molar-refractivity contribution is 0.0695. The second-order valence-corrected chi connectivity index (χ2v) is 2.99. The molecule has 0 fully saturated rings. The molecular weight excluding hydrogens is 164 g/mol. The molecule has 0 unspecified atom stereocenters. The van der Waals surface area contributed by atoms with Gasteiger partial charge in [0.15, 0.2) is 0 Å². The van der Waals surface area contributed by atoms with Crippen molar-refractivity contribution in [2.45, 2.75) is 26.2 Å². The van der Waals surface area contributed by atoms with Crippen LogP contribution in [0.25, 0.3) is 0 Å². The largest absolute Gasteiger partial charge is 0.478 e. The molecule has 0 saturated heterocycles. The summed E-state index contributed by atoms with van der Waals surface area (Å²) in [4.78, 5) is 10.8. The summed E-state index contributed by atoms with van der Waals surface area (Å²) in [5.41, 5.74) is 1.30. The zero-order valence-corrected chi connectivity index (χ0v) is 7.71. The summed E-state index contributed by atoms with van der Waals surface area (Å²) in [6.45, 7) is 2.09. The van der Waals surface area contributed by atoms with Gasteiger partial charge in [0.05, 0.1) is 5.56 Å². The SMILES string of the molecule is CCCCc1cc[c]cc1C(=O)O. The van der Waals surface area contributed by atoms with E-state index in [2.05, 4.69) is 13.0 Å². The van der Waals surface area contributed by atoms with E-state index in [1.165, 1.54) is 6.07 Å². The summed E-state index contributed by atoms with van der Waals surface area (Å²) in [6.07, 6.45) is 2.95. The monoisotopic (exact) mass is 177 g/mol. The first-order valence-electron chi connectivity index (χ1n) is 4.48. The molecule has 0 aliphatic carbocycles. The van der Waals surface area contributed by atoms with Gasteiger partial charge in [0.2, 0.25) is 0 Å². The number of carboxylic acids is 1. The lowest BCUT2D eigenvalue weighted by atomic mass is 10.0. The molecule has 0 bridgehead atoms. The first-order valence-corrected chi connectivity index (χ1v) is 4.48. The van der Waals surface area contributed by atoms with Crippen LogP contribution in [0.4, 0.5) is 0 Å². The van der Waals surface area contributed by atoms with Crippen molar-refractivity contribution in [1.82, 2.24) is 0 Å². The Kier molecular flexibility index (Phi) is 3.50. The predicted molar refractivity (Wildman–Crippen MR) is 50.8 cm³/mol. The van der Waals surface area contributed by atoms with E-state index in [0.717, 1.165) is 24.8 Å². The number of carboxylic acid groups (broad SMARTS) is 1. The number of aryl methyl sites for hydroxylation is 1. The van der Waals surface area contributed by atoms with Gasteiger partial charge in [-0.3, -0.25) is 0 Å². The Morgan fingerprint density at radius 1 is 1.62 bits per heavy atom. The molecule has 2 heteroatoms. The fourth-order valence-corrected chi connectivity index (χ4v) is 1.25. The second-order valence-electron chi connectivity index (χ2n) is 2.99. The summed E-state index contributed by atoms with van der Waals surface area (Å²) in [5.74, 6) is -0.858. The van der Waals surface area contributed by atoms with Gasteiger partial charge in [0.1, 0.15) is 0 Å². The molecule has 1 aromatic carbocycles. The summed E-state index contributed by atoms with van der Waals surface area (Å²) in [7, 11) is 0.